The van der Waals surface area contributed by atoms with Gasteiger partial charge in [0.1, 0.15) is 0 Å². The van der Waals surface area contributed by atoms with Crippen molar-refractivity contribution in [3.05, 3.63) is 48.5 Å². The summed E-state index contributed by atoms with van der Waals surface area (Å²) >= 11 is 4.04. The van der Waals surface area contributed by atoms with Crippen molar-refractivity contribution < 1.29 is 0 Å². The Balaban J connectivity index is 1.50. The van der Waals surface area contributed by atoms with Crippen molar-refractivity contribution in [2.75, 3.05) is 11.5 Å². The highest BCUT2D eigenvalue weighted by atomic mass is 32.2. The fourth-order valence-electron chi connectivity index (χ4n) is 5.05. The summed E-state index contributed by atoms with van der Waals surface area (Å²) in [6.45, 7) is 4.59. The molecule has 0 heterocycles. The summed E-state index contributed by atoms with van der Waals surface area (Å²) in [6, 6.07) is 18.4. The van der Waals surface area contributed by atoms with Gasteiger partial charge in [-0.15, -0.1) is 23.5 Å². The van der Waals surface area contributed by atoms with Gasteiger partial charge in [-0.05, 0) is 59.7 Å². The summed E-state index contributed by atoms with van der Waals surface area (Å²) in [5, 5.41) is 0. The minimum absolute atomic E-state index is 1.25. The normalized spacial score (nSPS) is 11.3. The first-order valence-electron chi connectivity index (χ1n) is 16.3. The Hall–Kier alpha value is -0.860. The van der Waals surface area contributed by atoms with Crippen LogP contribution in [0, 0.1) is 0 Å². The predicted octanol–water partition coefficient (Wildman–Crippen LogP) is 13.4. The van der Waals surface area contributed by atoms with E-state index < -0.39 is 0 Å². The second-order valence-corrected chi connectivity index (χ2v) is 13.4. The zero-order chi connectivity index (χ0) is 26.9. The molecular formula is C36H58S2. The van der Waals surface area contributed by atoms with E-state index in [9.17, 15) is 0 Å². The molecule has 0 nitrogen and oxygen atoms in total. The van der Waals surface area contributed by atoms with Crippen LogP contribution in [0.2, 0.25) is 0 Å². The molecule has 0 unspecified atom stereocenters. The van der Waals surface area contributed by atoms with Gasteiger partial charge < -0.3 is 0 Å². The van der Waals surface area contributed by atoms with E-state index in [1.165, 1.54) is 161 Å². The molecule has 0 amide bonds. The van der Waals surface area contributed by atoms with Gasteiger partial charge in [-0.1, -0.05) is 154 Å². The molecule has 2 aromatic carbocycles. The smallest absolute Gasteiger partial charge is 0.00723 e. The summed E-state index contributed by atoms with van der Waals surface area (Å²) in [5.74, 6) is 2.50. The van der Waals surface area contributed by atoms with E-state index in [-0.39, 0.29) is 0 Å². The van der Waals surface area contributed by atoms with Gasteiger partial charge in [0, 0.05) is 9.79 Å². The van der Waals surface area contributed by atoms with Gasteiger partial charge in [-0.3, -0.25) is 0 Å². The van der Waals surface area contributed by atoms with Gasteiger partial charge in [-0.2, -0.15) is 0 Å². The lowest BCUT2D eigenvalue weighted by atomic mass is 10.1. The molecule has 2 rings (SSSR count). The lowest BCUT2D eigenvalue weighted by molar-refractivity contribution is 0.563. The van der Waals surface area contributed by atoms with E-state index in [0.29, 0.717) is 0 Å². The summed E-state index contributed by atoms with van der Waals surface area (Å²) in [5.41, 5.74) is 2.67. The van der Waals surface area contributed by atoms with Crippen molar-refractivity contribution in [2.24, 2.45) is 0 Å². The number of rotatable bonds is 25. The lowest BCUT2D eigenvalue weighted by Gasteiger charge is -2.07. The average molecular weight is 555 g/mol. The van der Waals surface area contributed by atoms with Crippen molar-refractivity contribution in [3.63, 3.8) is 0 Å². The largest absolute Gasteiger partial charge is 0.126 e. The van der Waals surface area contributed by atoms with Gasteiger partial charge >= 0.3 is 0 Å². The number of unbranched alkanes of at least 4 members (excludes halogenated alkanes) is 18. The standard InChI is InChI=1S/C36H58S2/c1-3-5-7-9-11-13-15-17-19-21-31-37-35-27-23-33(24-28-35)34-25-29-36(30-26-34)38-32-22-20-18-16-14-12-10-8-6-4-2/h23-30H,3-22,31-32H2,1-2H3. The maximum absolute atomic E-state index is 2.31. The molecule has 0 fully saturated rings. The predicted molar refractivity (Wildman–Crippen MR) is 177 cm³/mol. The summed E-state index contributed by atoms with van der Waals surface area (Å²) in [7, 11) is 0. The topological polar surface area (TPSA) is 0 Å². The molecule has 2 aromatic rings. The third-order valence-electron chi connectivity index (χ3n) is 7.58. The molecule has 0 saturated heterocycles. The molecule has 0 aliphatic heterocycles. The Morgan fingerprint density at radius 3 is 0.895 bits per heavy atom. The van der Waals surface area contributed by atoms with Gasteiger partial charge in [-0.25, -0.2) is 0 Å². The van der Waals surface area contributed by atoms with Crippen molar-refractivity contribution >= 4 is 23.5 Å². The average Bonchev–Trinajstić information content (AvgIpc) is 2.95. The molecule has 0 bridgehead atoms. The highest BCUT2D eigenvalue weighted by molar-refractivity contribution is 7.99. The van der Waals surface area contributed by atoms with Crippen molar-refractivity contribution in [1.29, 1.82) is 0 Å². The Labute approximate surface area is 245 Å². The third-order valence-corrected chi connectivity index (χ3v) is 9.77. The van der Waals surface area contributed by atoms with Crippen molar-refractivity contribution in [3.8, 4) is 11.1 Å². The van der Waals surface area contributed by atoms with Crippen molar-refractivity contribution in [1.82, 2.24) is 0 Å². The van der Waals surface area contributed by atoms with Crippen LogP contribution in [0.3, 0.4) is 0 Å². The Morgan fingerprint density at radius 2 is 0.605 bits per heavy atom. The third kappa shape index (κ3) is 17.0. The van der Waals surface area contributed by atoms with Gasteiger partial charge in [0.15, 0.2) is 0 Å². The molecular weight excluding hydrogens is 497 g/mol. The number of hydrogen-bond donors (Lipinski definition) is 0. The Kier molecular flexibility index (Phi) is 21.0. The van der Waals surface area contributed by atoms with E-state index in [0.717, 1.165) is 0 Å². The molecule has 0 aliphatic carbocycles. The molecule has 0 aliphatic rings. The summed E-state index contributed by atoms with van der Waals surface area (Å²) in [4.78, 5) is 2.82. The van der Waals surface area contributed by atoms with E-state index in [2.05, 4.69) is 62.4 Å². The minimum atomic E-state index is 1.25. The van der Waals surface area contributed by atoms with E-state index in [4.69, 9.17) is 0 Å². The van der Waals surface area contributed by atoms with E-state index in [1.54, 1.807) is 0 Å². The monoisotopic (exact) mass is 554 g/mol. The molecule has 214 valence electrons. The molecule has 2 heteroatoms. The van der Waals surface area contributed by atoms with Crippen LogP contribution in [0.1, 0.15) is 142 Å². The number of benzene rings is 2. The van der Waals surface area contributed by atoms with Crippen LogP contribution in [0.4, 0.5) is 0 Å². The highest BCUT2D eigenvalue weighted by Gasteiger charge is 2.01. The molecule has 0 aromatic heterocycles. The second kappa shape index (κ2) is 24.0. The van der Waals surface area contributed by atoms with Gasteiger partial charge in [0.25, 0.3) is 0 Å². The van der Waals surface area contributed by atoms with Crippen LogP contribution in [0.25, 0.3) is 11.1 Å². The van der Waals surface area contributed by atoms with Crippen LogP contribution in [0.5, 0.6) is 0 Å². The molecule has 0 radical (unpaired) electrons. The Morgan fingerprint density at radius 1 is 0.342 bits per heavy atom. The first-order chi connectivity index (χ1) is 18.8. The van der Waals surface area contributed by atoms with Gasteiger partial charge in [0.05, 0.1) is 0 Å². The van der Waals surface area contributed by atoms with Crippen LogP contribution in [0.15, 0.2) is 58.3 Å². The number of thioether (sulfide) groups is 2. The Bertz CT molecular complexity index is 697. The first kappa shape index (κ1) is 33.3. The van der Waals surface area contributed by atoms with Crippen LogP contribution in [-0.4, -0.2) is 11.5 Å². The fraction of sp³-hybridized carbons (Fsp3) is 0.667. The van der Waals surface area contributed by atoms with Crippen LogP contribution < -0.4 is 0 Å². The number of hydrogen-bond acceptors (Lipinski definition) is 2. The fourth-order valence-corrected chi connectivity index (χ4v) is 6.87. The SMILES string of the molecule is CCCCCCCCCCCCSc1ccc(-c2ccc(SCCCCCCCCCCCC)cc2)cc1. The quantitative estimate of drug-likeness (QED) is 0.0884. The maximum atomic E-state index is 2.31. The molecule has 0 saturated carbocycles. The zero-order valence-electron chi connectivity index (χ0n) is 25.0. The first-order valence-corrected chi connectivity index (χ1v) is 18.3. The van der Waals surface area contributed by atoms with Gasteiger partial charge in [0.2, 0.25) is 0 Å². The minimum Gasteiger partial charge on any atom is -0.126 e. The zero-order valence-corrected chi connectivity index (χ0v) is 26.6. The molecule has 38 heavy (non-hydrogen) atoms. The second-order valence-electron chi connectivity index (χ2n) is 11.1. The maximum Gasteiger partial charge on any atom is 0.00723 e. The van der Waals surface area contributed by atoms with E-state index in [1.807, 2.05) is 23.5 Å². The van der Waals surface area contributed by atoms with E-state index >= 15 is 0 Å². The molecule has 0 atom stereocenters. The lowest BCUT2D eigenvalue weighted by Crippen LogP contribution is -1.85. The summed E-state index contributed by atoms with van der Waals surface area (Å²) in [6.07, 6.45) is 28.3. The van der Waals surface area contributed by atoms with Crippen LogP contribution >= 0.6 is 23.5 Å². The molecule has 0 N–H and O–H groups in total. The van der Waals surface area contributed by atoms with Crippen molar-refractivity contribution in [2.45, 2.75) is 152 Å². The van der Waals surface area contributed by atoms with Crippen LogP contribution in [-0.2, 0) is 0 Å². The highest BCUT2D eigenvalue weighted by Crippen LogP contribution is 2.28. The molecule has 0 spiro atoms. The summed E-state index contributed by atoms with van der Waals surface area (Å²) < 4.78 is 0.